The molecule has 0 radical (unpaired) electrons. The summed E-state index contributed by atoms with van der Waals surface area (Å²) in [7, 11) is 0. The number of rotatable bonds is 4. The van der Waals surface area contributed by atoms with Crippen LogP contribution in [0.5, 0.6) is 0 Å². The van der Waals surface area contributed by atoms with Crippen LogP contribution in [0.2, 0.25) is 10.0 Å². The first kappa shape index (κ1) is 13.8. The Morgan fingerprint density at radius 3 is 2.31 bits per heavy atom. The van der Waals surface area contributed by atoms with E-state index in [0.29, 0.717) is 28.5 Å². The Labute approximate surface area is 106 Å². The van der Waals surface area contributed by atoms with Gasteiger partial charge in [0, 0.05) is 5.56 Å². The van der Waals surface area contributed by atoms with Crippen LogP contribution >= 0.6 is 23.2 Å². The summed E-state index contributed by atoms with van der Waals surface area (Å²) in [5, 5.41) is 21.1. The third kappa shape index (κ3) is 2.51. The average molecular weight is 263 g/mol. The van der Waals surface area contributed by atoms with E-state index >= 15 is 0 Å². The number of aliphatic hydroxyl groups excluding tert-OH is 1. The van der Waals surface area contributed by atoms with Crippen molar-refractivity contribution in [1.29, 1.82) is 0 Å². The van der Waals surface area contributed by atoms with Gasteiger partial charge in [0.15, 0.2) is 0 Å². The molecule has 0 bridgehead atoms. The van der Waals surface area contributed by atoms with Crippen LogP contribution in [0.25, 0.3) is 0 Å². The molecule has 0 heterocycles. The van der Waals surface area contributed by atoms with Gasteiger partial charge in [0.05, 0.1) is 15.6 Å². The van der Waals surface area contributed by atoms with Gasteiger partial charge < -0.3 is 10.2 Å². The minimum atomic E-state index is -1.16. The molecule has 0 spiro atoms. The summed E-state index contributed by atoms with van der Waals surface area (Å²) < 4.78 is 0. The van der Waals surface area contributed by atoms with E-state index in [1.165, 1.54) is 0 Å². The van der Waals surface area contributed by atoms with E-state index in [-0.39, 0.29) is 0 Å². The molecule has 2 N–H and O–H groups in total. The molecule has 1 unspecified atom stereocenters. The molecule has 0 aliphatic rings. The van der Waals surface area contributed by atoms with E-state index in [1.807, 2.05) is 13.8 Å². The summed E-state index contributed by atoms with van der Waals surface area (Å²) in [6.45, 7) is 3.65. The predicted molar refractivity (Wildman–Crippen MR) is 67.0 cm³/mol. The third-order valence-corrected chi connectivity index (χ3v) is 3.84. The summed E-state index contributed by atoms with van der Waals surface area (Å²) in [6.07, 6.45) is -0.116. The summed E-state index contributed by atoms with van der Waals surface area (Å²) in [5.74, 6) is 0. The highest BCUT2D eigenvalue weighted by atomic mass is 35.5. The highest BCUT2D eigenvalue weighted by Crippen LogP contribution is 2.37. The van der Waals surface area contributed by atoms with Crippen molar-refractivity contribution in [1.82, 2.24) is 0 Å². The van der Waals surface area contributed by atoms with Gasteiger partial charge in [-0.1, -0.05) is 49.2 Å². The van der Waals surface area contributed by atoms with Crippen molar-refractivity contribution < 1.29 is 10.2 Å². The van der Waals surface area contributed by atoms with Crippen molar-refractivity contribution in [2.45, 2.75) is 38.4 Å². The van der Waals surface area contributed by atoms with Gasteiger partial charge in [-0.25, -0.2) is 0 Å². The van der Waals surface area contributed by atoms with E-state index in [9.17, 15) is 10.2 Å². The van der Waals surface area contributed by atoms with Crippen LogP contribution in [0.3, 0.4) is 0 Å². The van der Waals surface area contributed by atoms with Gasteiger partial charge in [0.2, 0.25) is 0 Å². The Bertz CT molecular complexity index is 362. The quantitative estimate of drug-likeness (QED) is 0.871. The first-order valence-corrected chi connectivity index (χ1v) is 6.06. The lowest BCUT2D eigenvalue weighted by molar-refractivity contribution is -0.0820. The van der Waals surface area contributed by atoms with Crippen LogP contribution in [0.4, 0.5) is 0 Å². The number of aliphatic hydroxyl groups is 2. The van der Waals surface area contributed by atoms with Gasteiger partial charge in [-0.05, 0) is 18.9 Å². The topological polar surface area (TPSA) is 40.5 Å². The van der Waals surface area contributed by atoms with E-state index < -0.39 is 11.7 Å². The molecule has 0 aliphatic heterocycles. The largest absolute Gasteiger partial charge is 0.387 e. The van der Waals surface area contributed by atoms with Gasteiger partial charge in [0.1, 0.15) is 6.10 Å². The SMILES string of the molecule is CCC(O)(CC)C(O)c1cccc(Cl)c1Cl. The van der Waals surface area contributed by atoms with Crippen LogP contribution < -0.4 is 0 Å². The van der Waals surface area contributed by atoms with Crippen molar-refractivity contribution in [3.8, 4) is 0 Å². The molecule has 0 fully saturated rings. The van der Waals surface area contributed by atoms with Crippen molar-refractivity contribution in [3.63, 3.8) is 0 Å². The van der Waals surface area contributed by atoms with Crippen LogP contribution in [0.1, 0.15) is 38.4 Å². The second kappa shape index (κ2) is 5.37. The van der Waals surface area contributed by atoms with E-state index in [0.717, 1.165) is 0 Å². The zero-order valence-electron chi connectivity index (χ0n) is 9.37. The third-order valence-electron chi connectivity index (χ3n) is 3.01. The maximum atomic E-state index is 10.2. The van der Waals surface area contributed by atoms with Gasteiger partial charge in [-0.3, -0.25) is 0 Å². The lowest BCUT2D eigenvalue weighted by Gasteiger charge is -2.31. The molecule has 0 amide bonds. The average Bonchev–Trinajstić information content (AvgIpc) is 2.31. The highest BCUT2D eigenvalue weighted by molar-refractivity contribution is 6.42. The zero-order valence-corrected chi connectivity index (χ0v) is 10.9. The lowest BCUT2D eigenvalue weighted by atomic mass is 9.86. The Kier molecular flexibility index (Phi) is 4.62. The summed E-state index contributed by atoms with van der Waals surface area (Å²) in [4.78, 5) is 0. The molecule has 16 heavy (non-hydrogen) atoms. The molecule has 1 aromatic carbocycles. The molecular weight excluding hydrogens is 247 g/mol. The Balaban J connectivity index is 3.13. The Morgan fingerprint density at radius 2 is 1.81 bits per heavy atom. The fourth-order valence-corrected chi connectivity index (χ4v) is 2.07. The highest BCUT2D eigenvalue weighted by Gasteiger charge is 2.34. The standard InChI is InChI=1S/C12H16Cl2O2/c1-3-12(16,4-2)11(15)8-6-5-7-9(13)10(8)14/h5-7,11,15-16H,3-4H2,1-2H3. The van der Waals surface area contributed by atoms with Crippen LogP contribution in [-0.4, -0.2) is 15.8 Å². The number of hydrogen-bond donors (Lipinski definition) is 2. The van der Waals surface area contributed by atoms with Crippen LogP contribution in [0, 0.1) is 0 Å². The molecular formula is C12H16Cl2O2. The van der Waals surface area contributed by atoms with Crippen molar-refractivity contribution in [2.24, 2.45) is 0 Å². The van der Waals surface area contributed by atoms with Gasteiger partial charge in [-0.15, -0.1) is 0 Å². The van der Waals surface area contributed by atoms with E-state index in [4.69, 9.17) is 23.2 Å². The summed E-state index contributed by atoms with van der Waals surface area (Å²) in [6, 6.07) is 5.03. The predicted octanol–water partition coefficient (Wildman–Crippen LogP) is 3.58. The van der Waals surface area contributed by atoms with Crippen molar-refractivity contribution in [3.05, 3.63) is 33.8 Å². The number of hydrogen-bond acceptors (Lipinski definition) is 2. The normalized spacial score (nSPS) is 13.9. The van der Waals surface area contributed by atoms with Crippen molar-refractivity contribution in [2.75, 3.05) is 0 Å². The molecule has 4 heteroatoms. The fourth-order valence-electron chi connectivity index (χ4n) is 1.66. The monoisotopic (exact) mass is 262 g/mol. The fraction of sp³-hybridized carbons (Fsp3) is 0.500. The van der Waals surface area contributed by atoms with E-state index in [2.05, 4.69) is 0 Å². The molecule has 90 valence electrons. The summed E-state index contributed by atoms with van der Waals surface area (Å²) in [5.41, 5.74) is -0.686. The molecule has 0 aliphatic carbocycles. The molecule has 2 nitrogen and oxygen atoms in total. The maximum absolute atomic E-state index is 10.2. The molecule has 1 rings (SSSR count). The van der Waals surface area contributed by atoms with Crippen LogP contribution in [-0.2, 0) is 0 Å². The maximum Gasteiger partial charge on any atom is 0.109 e. The minimum absolute atomic E-state index is 0.303. The number of benzene rings is 1. The molecule has 1 atom stereocenters. The lowest BCUT2D eigenvalue weighted by Crippen LogP contribution is -2.35. The Morgan fingerprint density at radius 1 is 1.25 bits per heavy atom. The van der Waals surface area contributed by atoms with Crippen molar-refractivity contribution >= 4 is 23.2 Å². The number of halogens is 2. The Hall–Kier alpha value is -0.280. The van der Waals surface area contributed by atoms with Gasteiger partial charge in [-0.2, -0.15) is 0 Å². The van der Waals surface area contributed by atoms with E-state index in [1.54, 1.807) is 18.2 Å². The first-order chi connectivity index (χ1) is 7.46. The molecule has 1 aromatic rings. The first-order valence-electron chi connectivity index (χ1n) is 5.30. The molecule has 0 saturated carbocycles. The molecule has 0 saturated heterocycles. The van der Waals surface area contributed by atoms with Crippen LogP contribution in [0.15, 0.2) is 18.2 Å². The smallest absolute Gasteiger partial charge is 0.109 e. The minimum Gasteiger partial charge on any atom is -0.387 e. The van der Waals surface area contributed by atoms with Gasteiger partial charge in [0.25, 0.3) is 0 Å². The van der Waals surface area contributed by atoms with Gasteiger partial charge >= 0.3 is 0 Å². The zero-order chi connectivity index (χ0) is 12.3. The second-order valence-electron chi connectivity index (χ2n) is 3.86. The second-order valence-corrected chi connectivity index (χ2v) is 4.64. The summed E-state index contributed by atoms with van der Waals surface area (Å²) >= 11 is 11.9. The molecule has 0 aromatic heterocycles.